The summed E-state index contributed by atoms with van der Waals surface area (Å²) in [6, 6.07) is 6.70. The molecule has 0 unspecified atom stereocenters. The zero-order valence-corrected chi connectivity index (χ0v) is 17.0. The van der Waals surface area contributed by atoms with Crippen molar-refractivity contribution in [3.05, 3.63) is 62.4 Å². The van der Waals surface area contributed by atoms with E-state index in [0.717, 1.165) is 54.4 Å². The van der Waals surface area contributed by atoms with Gasteiger partial charge in [0.15, 0.2) is 0 Å². The maximum atomic E-state index is 6.30. The second-order valence-corrected chi connectivity index (χ2v) is 7.92. The Morgan fingerprint density at radius 3 is 2.44 bits per heavy atom. The minimum Gasteiger partial charge on any atom is -0.398 e. The number of pyridine rings is 1. The predicted octanol–water partition coefficient (Wildman–Crippen LogP) is 6.24. The van der Waals surface area contributed by atoms with Crippen LogP contribution >= 0.6 is 15.9 Å². The van der Waals surface area contributed by atoms with Crippen molar-refractivity contribution in [2.24, 2.45) is 0 Å². The van der Waals surface area contributed by atoms with E-state index in [1.807, 2.05) is 6.20 Å². The highest BCUT2D eigenvalue weighted by molar-refractivity contribution is 9.10. The number of fused-ring (bicyclic) bond motifs is 2. The molecule has 1 aromatic carbocycles. The van der Waals surface area contributed by atoms with Gasteiger partial charge in [-0.25, -0.2) is 0 Å². The lowest BCUT2D eigenvalue weighted by Crippen LogP contribution is -2.02. The average Bonchev–Trinajstić information content (AvgIpc) is 2.72. The highest BCUT2D eigenvalue weighted by Gasteiger charge is 2.23. The van der Waals surface area contributed by atoms with E-state index < -0.39 is 0 Å². The van der Waals surface area contributed by atoms with Crippen LogP contribution in [0.25, 0.3) is 5.57 Å². The van der Waals surface area contributed by atoms with Gasteiger partial charge < -0.3 is 5.73 Å². The van der Waals surface area contributed by atoms with E-state index in [0.29, 0.717) is 0 Å². The number of aryl methyl sites for hydroxylation is 3. The summed E-state index contributed by atoms with van der Waals surface area (Å²) >= 11 is 3.59. The molecule has 3 rings (SSSR count). The summed E-state index contributed by atoms with van der Waals surface area (Å²) in [7, 11) is 0. The number of nitrogens with zero attached hydrogens (tertiary/aromatic N) is 1. The van der Waals surface area contributed by atoms with Gasteiger partial charge in [-0.1, -0.05) is 38.3 Å². The maximum Gasteiger partial charge on any atom is 0.0740 e. The minimum atomic E-state index is 0.879. The van der Waals surface area contributed by atoms with Crippen molar-refractivity contribution in [1.29, 1.82) is 0 Å². The largest absolute Gasteiger partial charge is 0.398 e. The minimum absolute atomic E-state index is 0.879. The Bertz CT molecular complexity index is 813. The number of nitrogens with two attached hydrogens (primary N) is 1. The molecule has 0 atom stereocenters. The Morgan fingerprint density at radius 2 is 1.76 bits per heavy atom. The fourth-order valence-electron chi connectivity index (χ4n) is 3.85. The summed E-state index contributed by atoms with van der Waals surface area (Å²) in [6.45, 7) is 6.62. The molecular weight excluding hydrogens is 372 g/mol. The molecule has 25 heavy (non-hydrogen) atoms. The first kappa shape index (κ1) is 18.2. The predicted molar refractivity (Wildman–Crippen MR) is 111 cm³/mol. The first-order chi connectivity index (χ1) is 12.0. The Kier molecular flexibility index (Phi) is 5.63. The molecule has 0 saturated heterocycles. The third-order valence-electron chi connectivity index (χ3n) is 5.05. The van der Waals surface area contributed by atoms with Crippen molar-refractivity contribution in [2.75, 3.05) is 5.73 Å². The van der Waals surface area contributed by atoms with Crippen LogP contribution in [0.5, 0.6) is 0 Å². The maximum absolute atomic E-state index is 6.30. The number of hydrogen-bond donors (Lipinski definition) is 1. The number of anilines is 1. The van der Waals surface area contributed by atoms with Crippen molar-refractivity contribution < 1.29 is 0 Å². The van der Waals surface area contributed by atoms with Crippen molar-refractivity contribution in [3.8, 4) is 0 Å². The number of halogens is 1. The first-order valence-corrected chi connectivity index (χ1v) is 10.1. The quantitative estimate of drug-likeness (QED) is 0.619. The number of aromatic nitrogens is 1. The second-order valence-electron chi connectivity index (χ2n) is 7.01. The van der Waals surface area contributed by atoms with E-state index in [4.69, 9.17) is 10.7 Å². The molecule has 1 aliphatic rings. The van der Waals surface area contributed by atoms with Gasteiger partial charge in [0.25, 0.3) is 0 Å². The van der Waals surface area contributed by atoms with Gasteiger partial charge in [-0.2, -0.15) is 0 Å². The number of hydrogen-bond acceptors (Lipinski definition) is 2. The molecule has 0 fully saturated rings. The smallest absolute Gasteiger partial charge is 0.0740 e. The number of rotatable bonds is 4. The van der Waals surface area contributed by atoms with Gasteiger partial charge >= 0.3 is 0 Å². The van der Waals surface area contributed by atoms with Crippen LogP contribution in [0.1, 0.15) is 67.5 Å². The summed E-state index contributed by atoms with van der Waals surface area (Å²) in [5.74, 6) is 0. The molecule has 2 nitrogen and oxygen atoms in total. The Morgan fingerprint density at radius 1 is 1.08 bits per heavy atom. The van der Waals surface area contributed by atoms with E-state index in [1.54, 1.807) is 0 Å². The standard InChI is InChI=1S/C22H27BrN2/c1-4-6-15(7-5-2)21-19-12-20(24)14(3)10-16(19)8-9-17-11-18(23)13-25-22(17)21/h10-13H,4-9,24H2,1-3H3. The summed E-state index contributed by atoms with van der Waals surface area (Å²) < 4.78 is 1.06. The lowest BCUT2D eigenvalue weighted by Gasteiger charge is -2.18. The molecule has 0 radical (unpaired) electrons. The van der Waals surface area contributed by atoms with Crippen molar-refractivity contribution in [3.63, 3.8) is 0 Å². The van der Waals surface area contributed by atoms with Crippen molar-refractivity contribution in [2.45, 2.75) is 59.3 Å². The number of allylic oxidation sites excluding steroid dienone is 1. The average molecular weight is 399 g/mol. The lowest BCUT2D eigenvalue weighted by atomic mass is 9.88. The van der Waals surface area contributed by atoms with Crippen LogP contribution in [0.15, 0.2) is 34.4 Å². The molecule has 1 aliphatic carbocycles. The molecule has 0 amide bonds. The Hall–Kier alpha value is -1.61. The topological polar surface area (TPSA) is 38.9 Å². The van der Waals surface area contributed by atoms with Crippen LogP contribution in [-0.2, 0) is 12.8 Å². The summed E-state index contributed by atoms with van der Waals surface area (Å²) in [5.41, 5.74) is 16.4. The molecule has 2 aromatic rings. The monoisotopic (exact) mass is 398 g/mol. The van der Waals surface area contributed by atoms with Crippen LogP contribution in [0.3, 0.4) is 0 Å². The fraction of sp³-hybridized carbons (Fsp3) is 0.409. The molecule has 2 N–H and O–H groups in total. The molecule has 0 saturated carbocycles. The summed E-state index contributed by atoms with van der Waals surface area (Å²) in [6.07, 6.45) is 8.53. The highest BCUT2D eigenvalue weighted by Crippen LogP contribution is 2.39. The third kappa shape index (κ3) is 3.67. The SMILES string of the molecule is CCCC(CCC)=C1c2cc(N)c(C)cc2CCc2cc(Br)cnc21. The van der Waals surface area contributed by atoms with Gasteiger partial charge in [0.05, 0.1) is 5.69 Å². The van der Waals surface area contributed by atoms with Gasteiger partial charge in [0, 0.05) is 21.9 Å². The van der Waals surface area contributed by atoms with Crippen LogP contribution in [-0.4, -0.2) is 4.98 Å². The fourth-order valence-corrected chi connectivity index (χ4v) is 4.23. The molecule has 1 heterocycles. The van der Waals surface area contributed by atoms with Gasteiger partial charge in [-0.3, -0.25) is 4.98 Å². The molecule has 132 valence electrons. The van der Waals surface area contributed by atoms with Crippen LogP contribution in [0.4, 0.5) is 5.69 Å². The van der Waals surface area contributed by atoms with Gasteiger partial charge in [0.1, 0.15) is 0 Å². The molecule has 0 spiro atoms. The first-order valence-electron chi connectivity index (χ1n) is 9.31. The molecule has 1 aromatic heterocycles. The van der Waals surface area contributed by atoms with E-state index in [1.165, 1.54) is 33.4 Å². The van der Waals surface area contributed by atoms with Crippen LogP contribution in [0.2, 0.25) is 0 Å². The second kappa shape index (κ2) is 7.74. The number of benzene rings is 1. The van der Waals surface area contributed by atoms with E-state index in [2.05, 4.69) is 54.9 Å². The van der Waals surface area contributed by atoms with Crippen LogP contribution in [0, 0.1) is 6.92 Å². The molecule has 0 aliphatic heterocycles. The third-order valence-corrected chi connectivity index (χ3v) is 5.49. The van der Waals surface area contributed by atoms with E-state index in [-0.39, 0.29) is 0 Å². The zero-order chi connectivity index (χ0) is 18.0. The number of nitrogen functional groups attached to an aromatic ring is 1. The Balaban J connectivity index is 2.33. The molecular formula is C22H27BrN2. The molecule has 3 heteroatoms. The lowest BCUT2D eigenvalue weighted by molar-refractivity contribution is 0.805. The highest BCUT2D eigenvalue weighted by atomic mass is 79.9. The van der Waals surface area contributed by atoms with Crippen molar-refractivity contribution in [1.82, 2.24) is 4.98 Å². The summed E-state index contributed by atoms with van der Waals surface area (Å²) in [5, 5.41) is 0. The molecule has 0 bridgehead atoms. The zero-order valence-electron chi connectivity index (χ0n) is 15.5. The Labute approximate surface area is 159 Å². The van der Waals surface area contributed by atoms with Crippen molar-refractivity contribution >= 4 is 27.2 Å². The van der Waals surface area contributed by atoms with Gasteiger partial charge in [-0.05, 0) is 82.9 Å². The van der Waals surface area contributed by atoms with E-state index in [9.17, 15) is 0 Å². The summed E-state index contributed by atoms with van der Waals surface area (Å²) in [4.78, 5) is 4.85. The van der Waals surface area contributed by atoms with Gasteiger partial charge in [0.2, 0.25) is 0 Å². The van der Waals surface area contributed by atoms with E-state index >= 15 is 0 Å². The normalized spacial score (nSPS) is 13.2. The van der Waals surface area contributed by atoms with Crippen LogP contribution < -0.4 is 5.73 Å². The van der Waals surface area contributed by atoms with Gasteiger partial charge in [-0.15, -0.1) is 0 Å².